The number of halogens is 1. The van der Waals surface area contributed by atoms with Crippen molar-refractivity contribution in [2.24, 2.45) is 5.10 Å². The molecule has 4 aromatic rings. The number of hydrogen-bond acceptors (Lipinski definition) is 5. The molecule has 1 amide bonds. The summed E-state index contributed by atoms with van der Waals surface area (Å²) in [5, 5.41) is 5.68. The van der Waals surface area contributed by atoms with Crippen molar-refractivity contribution in [1.29, 1.82) is 0 Å². The lowest BCUT2D eigenvalue weighted by molar-refractivity contribution is -0.118. The molecule has 0 radical (unpaired) electrons. The summed E-state index contributed by atoms with van der Waals surface area (Å²) in [6.45, 7) is 3.71. The van der Waals surface area contributed by atoms with E-state index in [0.717, 1.165) is 16.8 Å². The van der Waals surface area contributed by atoms with Gasteiger partial charge in [0.2, 0.25) is 0 Å². The predicted molar refractivity (Wildman–Crippen MR) is 135 cm³/mol. The summed E-state index contributed by atoms with van der Waals surface area (Å²) >= 11 is 7.37. The molecule has 0 fully saturated rings. The molecular weight excluding hydrogens is 456 g/mol. The zero-order valence-corrected chi connectivity index (χ0v) is 19.7. The lowest BCUT2D eigenvalue weighted by atomic mass is 10.1. The molecule has 0 bridgehead atoms. The molecule has 1 heterocycles. The maximum absolute atomic E-state index is 13.3. The number of rotatable bonds is 6. The third kappa shape index (κ3) is 4.99. The van der Waals surface area contributed by atoms with E-state index < -0.39 is 0 Å². The monoisotopic (exact) mass is 476 g/mol. The Morgan fingerprint density at radius 1 is 1.06 bits per heavy atom. The van der Waals surface area contributed by atoms with Crippen LogP contribution in [0.25, 0.3) is 16.6 Å². The first-order chi connectivity index (χ1) is 16.0. The Kier molecular flexibility index (Phi) is 6.91. The third-order valence-electron chi connectivity index (χ3n) is 5.05. The number of thioether (sulfide) groups is 1. The number of aryl methyl sites for hydroxylation is 1. The molecule has 0 unspecified atom stereocenters. The van der Waals surface area contributed by atoms with E-state index in [1.165, 1.54) is 11.8 Å². The quantitative estimate of drug-likeness (QED) is 0.184. The second kappa shape index (κ2) is 10.0. The Labute approximate surface area is 200 Å². The molecule has 0 atom stereocenters. The van der Waals surface area contributed by atoms with Gasteiger partial charge in [0, 0.05) is 10.6 Å². The summed E-state index contributed by atoms with van der Waals surface area (Å²) in [7, 11) is 0. The molecular formula is C25H21ClN4O2S. The van der Waals surface area contributed by atoms with Gasteiger partial charge in [-0.05, 0) is 43.7 Å². The van der Waals surface area contributed by atoms with E-state index >= 15 is 0 Å². The maximum Gasteiger partial charge on any atom is 0.266 e. The number of amides is 1. The van der Waals surface area contributed by atoms with Crippen LogP contribution in [0.4, 0.5) is 0 Å². The molecule has 1 N–H and O–H groups in total. The van der Waals surface area contributed by atoms with Crippen molar-refractivity contribution in [2.45, 2.75) is 19.0 Å². The second-order valence-electron chi connectivity index (χ2n) is 7.34. The van der Waals surface area contributed by atoms with Crippen LogP contribution in [0.3, 0.4) is 0 Å². The van der Waals surface area contributed by atoms with E-state index in [-0.39, 0.29) is 17.2 Å². The molecule has 0 aliphatic heterocycles. The molecule has 1 aromatic heterocycles. The van der Waals surface area contributed by atoms with Crippen molar-refractivity contribution >= 4 is 45.9 Å². The van der Waals surface area contributed by atoms with Crippen molar-refractivity contribution in [3.05, 3.63) is 99.3 Å². The zero-order chi connectivity index (χ0) is 23.4. The third-order valence-corrected chi connectivity index (χ3v) is 6.31. The lowest BCUT2D eigenvalue weighted by Gasteiger charge is -2.14. The molecule has 3 aromatic carbocycles. The number of carbonyl (C=O) groups excluding carboxylic acids is 1. The number of benzene rings is 3. The van der Waals surface area contributed by atoms with Crippen LogP contribution in [0.15, 0.2) is 87.8 Å². The van der Waals surface area contributed by atoms with Gasteiger partial charge < -0.3 is 0 Å². The fourth-order valence-corrected chi connectivity index (χ4v) is 4.43. The average molecular weight is 477 g/mol. The fraction of sp³-hybridized carbons (Fsp3) is 0.120. The van der Waals surface area contributed by atoms with Gasteiger partial charge in [-0.3, -0.25) is 14.2 Å². The first kappa shape index (κ1) is 22.8. The standard InChI is InChI=1S/C25H21ClN4O2S/c1-16-9-3-8-14-22(16)30-24(32)19-11-5-7-13-21(19)27-25(30)33-15-23(31)29-28-17(2)18-10-4-6-12-20(18)26/h3-14H,15H2,1-2H3,(H,29,31). The molecule has 6 nitrogen and oxygen atoms in total. The van der Waals surface area contributed by atoms with Gasteiger partial charge in [-0.25, -0.2) is 10.4 Å². The average Bonchev–Trinajstić information content (AvgIpc) is 2.82. The number of nitrogens with zero attached hydrogens (tertiary/aromatic N) is 3. The summed E-state index contributed by atoms with van der Waals surface area (Å²) in [6, 6.07) is 22.1. The maximum atomic E-state index is 13.3. The lowest BCUT2D eigenvalue weighted by Crippen LogP contribution is -2.25. The minimum Gasteiger partial charge on any atom is -0.272 e. The van der Waals surface area contributed by atoms with Gasteiger partial charge in [0.05, 0.1) is 28.1 Å². The highest BCUT2D eigenvalue weighted by atomic mass is 35.5. The first-order valence-corrected chi connectivity index (χ1v) is 11.6. The zero-order valence-electron chi connectivity index (χ0n) is 18.1. The Morgan fingerprint density at radius 3 is 2.55 bits per heavy atom. The van der Waals surface area contributed by atoms with Crippen LogP contribution in [0.2, 0.25) is 5.02 Å². The number of hydrogen-bond donors (Lipinski definition) is 1. The SMILES string of the molecule is CC(=NNC(=O)CSc1nc2ccccc2c(=O)n1-c1ccccc1C)c1ccccc1Cl. The number of aromatic nitrogens is 2. The number of para-hydroxylation sites is 2. The van der Waals surface area contributed by atoms with Crippen LogP contribution in [-0.4, -0.2) is 26.9 Å². The number of hydrazone groups is 1. The smallest absolute Gasteiger partial charge is 0.266 e. The fourth-order valence-electron chi connectivity index (χ4n) is 3.36. The van der Waals surface area contributed by atoms with Gasteiger partial charge >= 0.3 is 0 Å². The van der Waals surface area contributed by atoms with Crippen molar-refractivity contribution in [3.8, 4) is 5.69 Å². The van der Waals surface area contributed by atoms with E-state index in [4.69, 9.17) is 11.6 Å². The van der Waals surface area contributed by atoms with Crippen molar-refractivity contribution in [3.63, 3.8) is 0 Å². The normalized spacial score (nSPS) is 11.5. The van der Waals surface area contributed by atoms with Gasteiger partial charge in [-0.2, -0.15) is 5.10 Å². The summed E-state index contributed by atoms with van der Waals surface area (Å²) in [6.07, 6.45) is 0. The molecule has 0 saturated carbocycles. The van der Waals surface area contributed by atoms with E-state index in [1.54, 1.807) is 29.7 Å². The van der Waals surface area contributed by atoms with Gasteiger partial charge in [0.15, 0.2) is 5.16 Å². The van der Waals surface area contributed by atoms with Crippen LogP contribution in [0.1, 0.15) is 18.1 Å². The summed E-state index contributed by atoms with van der Waals surface area (Å²) < 4.78 is 1.56. The number of nitrogens with one attached hydrogen (secondary N) is 1. The minimum absolute atomic E-state index is 0.0377. The largest absolute Gasteiger partial charge is 0.272 e. The van der Waals surface area contributed by atoms with E-state index in [1.807, 2.05) is 61.5 Å². The molecule has 0 spiro atoms. The van der Waals surface area contributed by atoms with Crippen LogP contribution in [-0.2, 0) is 4.79 Å². The van der Waals surface area contributed by atoms with Crippen molar-refractivity contribution in [2.75, 3.05) is 5.75 Å². The van der Waals surface area contributed by atoms with Crippen LogP contribution < -0.4 is 11.0 Å². The molecule has 0 aliphatic rings. The molecule has 8 heteroatoms. The summed E-state index contributed by atoms with van der Waals surface area (Å²) in [5.41, 5.74) is 5.98. The number of carbonyl (C=O) groups is 1. The Bertz CT molecular complexity index is 1430. The van der Waals surface area contributed by atoms with Gasteiger partial charge in [-0.15, -0.1) is 0 Å². The summed E-state index contributed by atoms with van der Waals surface area (Å²) in [5.74, 6) is -0.277. The minimum atomic E-state index is -0.315. The van der Waals surface area contributed by atoms with Gasteiger partial charge in [0.1, 0.15) is 0 Å². The molecule has 0 saturated heterocycles. The van der Waals surface area contributed by atoms with Crippen LogP contribution in [0.5, 0.6) is 0 Å². The first-order valence-electron chi connectivity index (χ1n) is 10.2. The highest BCUT2D eigenvalue weighted by Crippen LogP contribution is 2.23. The molecule has 166 valence electrons. The Balaban J connectivity index is 1.61. The van der Waals surface area contributed by atoms with E-state index in [0.29, 0.717) is 26.8 Å². The van der Waals surface area contributed by atoms with Crippen LogP contribution >= 0.6 is 23.4 Å². The Hall–Kier alpha value is -3.42. The van der Waals surface area contributed by atoms with Crippen LogP contribution in [0, 0.1) is 6.92 Å². The summed E-state index contributed by atoms with van der Waals surface area (Å²) in [4.78, 5) is 30.5. The van der Waals surface area contributed by atoms with Crippen molar-refractivity contribution in [1.82, 2.24) is 15.0 Å². The predicted octanol–water partition coefficient (Wildman–Crippen LogP) is 4.98. The highest BCUT2D eigenvalue weighted by molar-refractivity contribution is 7.99. The molecule has 33 heavy (non-hydrogen) atoms. The Morgan fingerprint density at radius 2 is 1.76 bits per heavy atom. The topological polar surface area (TPSA) is 76.3 Å². The van der Waals surface area contributed by atoms with E-state index in [2.05, 4.69) is 15.5 Å². The second-order valence-corrected chi connectivity index (χ2v) is 8.69. The van der Waals surface area contributed by atoms with E-state index in [9.17, 15) is 9.59 Å². The number of fused-ring (bicyclic) bond motifs is 1. The van der Waals surface area contributed by atoms with Gasteiger partial charge in [-0.1, -0.05) is 71.9 Å². The van der Waals surface area contributed by atoms with Gasteiger partial charge in [0.25, 0.3) is 11.5 Å². The molecule has 4 rings (SSSR count). The molecule has 0 aliphatic carbocycles. The highest BCUT2D eigenvalue weighted by Gasteiger charge is 2.16. The van der Waals surface area contributed by atoms with Crippen molar-refractivity contribution < 1.29 is 4.79 Å².